The predicted octanol–water partition coefficient (Wildman–Crippen LogP) is 16.1. The van der Waals surface area contributed by atoms with Crippen LogP contribution in [0.25, 0.3) is 82.8 Å². The van der Waals surface area contributed by atoms with Crippen LogP contribution in [0.15, 0.2) is 243 Å². The van der Waals surface area contributed by atoms with E-state index in [1.807, 2.05) is 126 Å². The van der Waals surface area contributed by atoms with Crippen LogP contribution in [0, 0.1) is 0 Å². The SMILES string of the molecule is [2H]c1c([2H])c(N(c2ccc(-c3ccccc3)cc2)c2ccc(-c3ccccc3)cc2-c2ccccc2)c([2H])c([2H])c1-c1ccc2c(c1)c1ccccc1n2-c1ccc2ccccc2c1. The molecule has 10 aromatic carbocycles. The summed E-state index contributed by atoms with van der Waals surface area (Å²) in [4.78, 5) is 1.90. The summed E-state index contributed by atoms with van der Waals surface area (Å²) in [7, 11) is 0. The molecule has 0 saturated heterocycles. The van der Waals surface area contributed by atoms with Gasteiger partial charge < -0.3 is 9.47 Å². The molecule has 0 saturated carbocycles. The van der Waals surface area contributed by atoms with Gasteiger partial charge in [0, 0.05) is 33.4 Å². The maximum atomic E-state index is 9.82. The minimum Gasteiger partial charge on any atom is -0.310 e. The van der Waals surface area contributed by atoms with E-state index in [0.717, 1.165) is 71.9 Å². The lowest BCUT2D eigenvalue weighted by Crippen LogP contribution is -2.11. The second-order valence-electron chi connectivity index (χ2n) is 15.1. The van der Waals surface area contributed by atoms with Crippen LogP contribution in [0.1, 0.15) is 5.48 Å². The summed E-state index contributed by atoms with van der Waals surface area (Å²) < 4.78 is 41.3. The average molecular weight is 769 g/mol. The van der Waals surface area contributed by atoms with E-state index in [4.69, 9.17) is 0 Å². The van der Waals surface area contributed by atoms with Crippen LogP contribution in [0.2, 0.25) is 0 Å². The number of benzene rings is 10. The first-order valence-corrected chi connectivity index (χ1v) is 20.3. The topological polar surface area (TPSA) is 8.17 Å². The molecule has 60 heavy (non-hydrogen) atoms. The fourth-order valence-corrected chi connectivity index (χ4v) is 8.50. The second kappa shape index (κ2) is 15.1. The van der Waals surface area contributed by atoms with E-state index < -0.39 is 0 Å². The maximum absolute atomic E-state index is 9.82. The first-order chi connectivity index (χ1) is 31.4. The zero-order valence-corrected chi connectivity index (χ0v) is 32.7. The molecule has 0 unspecified atom stereocenters. The molecule has 0 atom stereocenters. The van der Waals surface area contributed by atoms with Crippen molar-refractivity contribution in [2.24, 2.45) is 0 Å². The number of nitrogens with zero attached hydrogens (tertiary/aromatic N) is 2. The Hall–Kier alpha value is -7.94. The predicted molar refractivity (Wildman–Crippen MR) is 255 cm³/mol. The van der Waals surface area contributed by atoms with Gasteiger partial charge >= 0.3 is 0 Å². The standard InChI is InChI=1S/C58H40N2/c1-4-14-41(15-5-1)44-24-31-50(32-25-44)59(57-36-29-48(42-16-6-2-7-17-42)39-54(57)46-19-8-3-9-20-46)51-33-26-45(27-34-51)49-30-37-58-55(40-49)53-22-12-13-23-56(53)60(58)52-35-28-43-18-10-11-21-47(43)38-52/h1-40H/i26D,27D,33D,34D. The van der Waals surface area contributed by atoms with Crippen LogP contribution in [-0.2, 0) is 0 Å². The molecule has 0 bridgehead atoms. The fourth-order valence-electron chi connectivity index (χ4n) is 8.50. The molecule has 2 heteroatoms. The lowest BCUT2D eigenvalue weighted by atomic mass is 9.96. The normalized spacial score (nSPS) is 12.3. The molecule has 0 N–H and O–H groups in total. The van der Waals surface area contributed by atoms with Gasteiger partial charge in [0.2, 0.25) is 0 Å². The summed E-state index contributed by atoms with van der Waals surface area (Å²) in [5, 5.41) is 4.32. The lowest BCUT2D eigenvalue weighted by Gasteiger charge is -2.29. The van der Waals surface area contributed by atoms with Crippen molar-refractivity contribution in [1.82, 2.24) is 4.57 Å². The molecule has 2 nitrogen and oxygen atoms in total. The highest BCUT2D eigenvalue weighted by Gasteiger charge is 2.20. The van der Waals surface area contributed by atoms with Gasteiger partial charge in [0.05, 0.1) is 22.2 Å². The number of hydrogen-bond donors (Lipinski definition) is 0. The van der Waals surface area contributed by atoms with Crippen LogP contribution in [0.4, 0.5) is 17.1 Å². The molecule has 0 aliphatic heterocycles. The van der Waals surface area contributed by atoms with E-state index in [0.29, 0.717) is 11.3 Å². The molecule has 0 amide bonds. The van der Waals surface area contributed by atoms with Gasteiger partial charge in [0.25, 0.3) is 0 Å². The first kappa shape index (κ1) is 31.1. The molecule has 11 aromatic rings. The molecule has 0 spiro atoms. The van der Waals surface area contributed by atoms with Crippen molar-refractivity contribution in [2.45, 2.75) is 0 Å². The van der Waals surface area contributed by atoms with E-state index in [-0.39, 0.29) is 35.4 Å². The number of fused-ring (bicyclic) bond motifs is 4. The Morgan fingerprint density at radius 3 is 1.62 bits per heavy atom. The number of anilines is 3. The van der Waals surface area contributed by atoms with Crippen molar-refractivity contribution in [1.29, 1.82) is 0 Å². The third kappa shape index (κ3) is 6.41. The smallest absolute Gasteiger partial charge is 0.0645 e. The highest BCUT2D eigenvalue weighted by atomic mass is 15.1. The van der Waals surface area contributed by atoms with E-state index >= 15 is 0 Å². The van der Waals surface area contributed by atoms with Crippen LogP contribution in [-0.4, -0.2) is 4.57 Å². The van der Waals surface area contributed by atoms with Gasteiger partial charge in [-0.25, -0.2) is 0 Å². The van der Waals surface area contributed by atoms with Crippen LogP contribution in [0.3, 0.4) is 0 Å². The summed E-state index contributed by atoms with van der Waals surface area (Å²) in [6.07, 6.45) is 0. The van der Waals surface area contributed by atoms with Gasteiger partial charge in [-0.1, -0.05) is 176 Å². The molecule has 0 fully saturated rings. The minimum atomic E-state index is -0.132. The van der Waals surface area contributed by atoms with Crippen LogP contribution < -0.4 is 4.90 Å². The van der Waals surface area contributed by atoms with Crippen LogP contribution >= 0.6 is 0 Å². The average Bonchev–Trinajstić information content (AvgIpc) is 3.69. The second-order valence-corrected chi connectivity index (χ2v) is 15.1. The molecule has 0 radical (unpaired) electrons. The Morgan fingerprint density at radius 1 is 0.333 bits per heavy atom. The van der Waals surface area contributed by atoms with Gasteiger partial charge in [-0.3, -0.25) is 0 Å². The van der Waals surface area contributed by atoms with Gasteiger partial charge in [0.15, 0.2) is 0 Å². The van der Waals surface area contributed by atoms with Crippen molar-refractivity contribution < 1.29 is 5.48 Å². The molecular weight excluding hydrogens is 725 g/mol. The van der Waals surface area contributed by atoms with Gasteiger partial charge in [-0.05, 0) is 116 Å². The van der Waals surface area contributed by atoms with Crippen LogP contribution in [0.5, 0.6) is 0 Å². The molecule has 0 aliphatic rings. The van der Waals surface area contributed by atoms with Crippen molar-refractivity contribution in [3.05, 3.63) is 243 Å². The van der Waals surface area contributed by atoms with Gasteiger partial charge in [-0.15, -0.1) is 0 Å². The van der Waals surface area contributed by atoms with E-state index in [2.05, 4.69) is 102 Å². The van der Waals surface area contributed by atoms with Crippen molar-refractivity contribution in [3.63, 3.8) is 0 Å². The molecule has 11 rings (SSSR count). The molecule has 1 heterocycles. The summed E-state index contributed by atoms with van der Waals surface area (Å²) in [5.41, 5.74) is 11.6. The fraction of sp³-hybridized carbons (Fsp3) is 0. The number of aromatic nitrogens is 1. The highest BCUT2D eigenvalue weighted by molar-refractivity contribution is 6.10. The number of para-hydroxylation sites is 1. The summed E-state index contributed by atoms with van der Waals surface area (Å²) in [5.74, 6) is 0. The Kier molecular flexibility index (Phi) is 7.83. The largest absolute Gasteiger partial charge is 0.310 e. The lowest BCUT2D eigenvalue weighted by molar-refractivity contribution is 1.19. The van der Waals surface area contributed by atoms with Gasteiger partial charge in [0.1, 0.15) is 0 Å². The maximum Gasteiger partial charge on any atom is 0.0645 e. The Balaban J connectivity index is 1.10. The molecule has 1 aromatic heterocycles. The third-order valence-electron chi connectivity index (χ3n) is 11.4. The van der Waals surface area contributed by atoms with Crippen molar-refractivity contribution in [3.8, 4) is 50.2 Å². The summed E-state index contributed by atoms with van der Waals surface area (Å²) in [6.45, 7) is 0. The zero-order valence-electron chi connectivity index (χ0n) is 36.7. The third-order valence-corrected chi connectivity index (χ3v) is 11.4. The van der Waals surface area contributed by atoms with E-state index in [1.54, 1.807) is 0 Å². The molecule has 282 valence electrons. The highest BCUT2D eigenvalue weighted by Crippen LogP contribution is 2.44. The molecule has 0 aliphatic carbocycles. The Bertz CT molecular complexity index is 3500. The van der Waals surface area contributed by atoms with E-state index in [1.165, 1.54) is 5.39 Å². The quantitative estimate of drug-likeness (QED) is 0.149. The van der Waals surface area contributed by atoms with Gasteiger partial charge in [-0.2, -0.15) is 0 Å². The Labute approximate surface area is 356 Å². The summed E-state index contributed by atoms with van der Waals surface area (Å²) >= 11 is 0. The number of hydrogen-bond acceptors (Lipinski definition) is 1. The van der Waals surface area contributed by atoms with Crippen molar-refractivity contribution in [2.75, 3.05) is 4.90 Å². The Morgan fingerprint density at radius 2 is 0.883 bits per heavy atom. The minimum absolute atomic E-state index is 0.110. The summed E-state index contributed by atoms with van der Waals surface area (Å²) in [6, 6.07) is 73.5. The zero-order chi connectivity index (χ0) is 43.3. The number of rotatable bonds is 8. The first-order valence-electron chi connectivity index (χ1n) is 22.3. The van der Waals surface area contributed by atoms with Crippen molar-refractivity contribution >= 4 is 49.6 Å². The monoisotopic (exact) mass is 768 g/mol. The van der Waals surface area contributed by atoms with E-state index in [9.17, 15) is 5.48 Å². The molecular formula is C58H40N2.